The lowest BCUT2D eigenvalue weighted by Crippen LogP contribution is -2.31. The van der Waals surface area contributed by atoms with Crippen molar-refractivity contribution in [1.82, 2.24) is 29.7 Å². The Kier molecular flexibility index (Phi) is 4.40. The summed E-state index contributed by atoms with van der Waals surface area (Å²) < 4.78 is 8.99. The summed E-state index contributed by atoms with van der Waals surface area (Å²) in [6, 6.07) is 0. The minimum Gasteiger partial charge on any atom is -0.379 e. The summed E-state index contributed by atoms with van der Waals surface area (Å²) in [4.78, 5) is 15.0. The van der Waals surface area contributed by atoms with Gasteiger partial charge in [0.05, 0.1) is 29.0 Å². The molecule has 3 rings (SSSR count). The zero-order valence-electron chi connectivity index (χ0n) is 15.7. The van der Waals surface area contributed by atoms with E-state index in [9.17, 15) is 4.79 Å². The molecule has 1 aliphatic rings. The largest absolute Gasteiger partial charge is 0.379 e. The highest BCUT2D eigenvalue weighted by molar-refractivity contribution is 5.95. The van der Waals surface area contributed by atoms with Crippen molar-refractivity contribution in [3.8, 4) is 0 Å². The maximum atomic E-state index is 13.1. The van der Waals surface area contributed by atoms with Crippen LogP contribution < -0.4 is 0 Å². The molecular weight excluding hydrogens is 320 g/mol. The molecule has 1 aliphatic heterocycles. The number of methoxy groups -OCH3 is 1. The molecule has 1 amide bonds. The molecule has 1 fully saturated rings. The third-order valence-corrected chi connectivity index (χ3v) is 4.63. The van der Waals surface area contributed by atoms with Gasteiger partial charge in [-0.2, -0.15) is 5.10 Å². The summed E-state index contributed by atoms with van der Waals surface area (Å²) in [5.41, 5.74) is 2.13. The van der Waals surface area contributed by atoms with E-state index in [1.165, 1.54) is 0 Å². The summed E-state index contributed by atoms with van der Waals surface area (Å²) in [5.74, 6) is 0.0175. The van der Waals surface area contributed by atoms with Crippen molar-refractivity contribution in [1.29, 1.82) is 0 Å². The number of hydrogen-bond acceptors (Lipinski definition) is 5. The molecule has 8 nitrogen and oxygen atoms in total. The van der Waals surface area contributed by atoms with Gasteiger partial charge in [0.2, 0.25) is 0 Å². The lowest BCUT2D eigenvalue weighted by atomic mass is 9.89. The Morgan fingerprint density at radius 2 is 1.92 bits per heavy atom. The Hall–Kier alpha value is -2.22. The SMILES string of the molecule is CO[C@@H]1CN(C(=O)c2cn(C)nc2C(C)(C)C)C[C@H]1c1cn(C)nn1. The fourth-order valence-electron chi connectivity index (χ4n) is 3.37. The Balaban J connectivity index is 1.87. The zero-order valence-corrected chi connectivity index (χ0v) is 15.7. The number of carbonyl (C=O) groups excluding carboxylic acids is 1. The second kappa shape index (κ2) is 6.25. The molecule has 2 aromatic heterocycles. The lowest BCUT2D eigenvalue weighted by Gasteiger charge is -2.20. The average Bonchev–Trinajstić information content (AvgIpc) is 3.22. The molecule has 0 spiro atoms. The molecule has 0 aliphatic carbocycles. The van der Waals surface area contributed by atoms with Gasteiger partial charge in [-0.25, -0.2) is 0 Å². The van der Waals surface area contributed by atoms with Crippen molar-refractivity contribution in [2.24, 2.45) is 14.1 Å². The van der Waals surface area contributed by atoms with Crippen LogP contribution in [0.2, 0.25) is 0 Å². The molecule has 8 heteroatoms. The van der Waals surface area contributed by atoms with E-state index in [1.807, 2.05) is 25.2 Å². The molecule has 0 saturated carbocycles. The molecule has 0 bridgehead atoms. The van der Waals surface area contributed by atoms with Gasteiger partial charge in [0.25, 0.3) is 5.91 Å². The number of aromatic nitrogens is 5. The second-order valence-corrected chi connectivity index (χ2v) is 7.72. The fraction of sp³-hybridized carbons (Fsp3) is 0.647. The van der Waals surface area contributed by atoms with Crippen LogP contribution in [0.1, 0.15) is 48.4 Å². The lowest BCUT2D eigenvalue weighted by molar-refractivity contribution is 0.0712. The van der Waals surface area contributed by atoms with E-state index in [0.29, 0.717) is 18.7 Å². The number of nitrogens with zero attached hydrogens (tertiary/aromatic N) is 6. The molecule has 2 atom stereocenters. The third-order valence-electron chi connectivity index (χ3n) is 4.63. The van der Waals surface area contributed by atoms with Crippen LogP contribution in [0.4, 0.5) is 0 Å². The molecule has 25 heavy (non-hydrogen) atoms. The van der Waals surface area contributed by atoms with E-state index >= 15 is 0 Å². The summed E-state index contributed by atoms with van der Waals surface area (Å²) in [7, 11) is 5.35. The van der Waals surface area contributed by atoms with Gasteiger partial charge >= 0.3 is 0 Å². The Labute approximate surface area is 147 Å². The Morgan fingerprint density at radius 1 is 1.20 bits per heavy atom. The van der Waals surface area contributed by atoms with E-state index < -0.39 is 0 Å². The first-order valence-electron chi connectivity index (χ1n) is 8.43. The maximum Gasteiger partial charge on any atom is 0.257 e. The number of likely N-dealkylation sites (tertiary alicyclic amines) is 1. The van der Waals surface area contributed by atoms with E-state index in [1.54, 1.807) is 22.7 Å². The van der Waals surface area contributed by atoms with Crippen molar-refractivity contribution >= 4 is 5.91 Å². The minimum atomic E-state index is -0.197. The van der Waals surface area contributed by atoms with Crippen molar-refractivity contribution < 1.29 is 9.53 Å². The molecule has 136 valence electrons. The summed E-state index contributed by atoms with van der Waals surface area (Å²) >= 11 is 0. The quantitative estimate of drug-likeness (QED) is 0.832. The van der Waals surface area contributed by atoms with Crippen LogP contribution in [0.5, 0.6) is 0 Å². The van der Waals surface area contributed by atoms with Gasteiger partial charge < -0.3 is 9.64 Å². The second-order valence-electron chi connectivity index (χ2n) is 7.72. The first-order valence-corrected chi connectivity index (χ1v) is 8.43. The van der Waals surface area contributed by atoms with Crippen molar-refractivity contribution in [2.75, 3.05) is 20.2 Å². The van der Waals surface area contributed by atoms with Crippen LogP contribution in [0, 0.1) is 0 Å². The number of aryl methyl sites for hydroxylation is 2. The highest BCUT2D eigenvalue weighted by atomic mass is 16.5. The van der Waals surface area contributed by atoms with Gasteiger partial charge in [0, 0.05) is 52.1 Å². The summed E-state index contributed by atoms with van der Waals surface area (Å²) in [6.07, 6.45) is 3.60. The first kappa shape index (κ1) is 17.6. The van der Waals surface area contributed by atoms with Gasteiger partial charge in [-0.1, -0.05) is 26.0 Å². The molecule has 3 heterocycles. The average molecular weight is 346 g/mol. The van der Waals surface area contributed by atoms with Crippen molar-refractivity contribution in [2.45, 2.75) is 38.2 Å². The number of hydrogen-bond donors (Lipinski definition) is 0. The van der Waals surface area contributed by atoms with Crippen molar-refractivity contribution in [3.05, 3.63) is 29.3 Å². The maximum absolute atomic E-state index is 13.1. The molecule has 0 radical (unpaired) electrons. The molecular formula is C17H26N6O2. The van der Waals surface area contributed by atoms with Gasteiger partial charge in [-0.15, -0.1) is 5.10 Å². The topological polar surface area (TPSA) is 78.1 Å². The van der Waals surface area contributed by atoms with E-state index in [4.69, 9.17) is 4.74 Å². The fourth-order valence-corrected chi connectivity index (χ4v) is 3.37. The van der Waals surface area contributed by atoms with Gasteiger partial charge in [-0.3, -0.25) is 14.2 Å². The monoisotopic (exact) mass is 346 g/mol. The summed E-state index contributed by atoms with van der Waals surface area (Å²) in [6.45, 7) is 7.30. The van der Waals surface area contributed by atoms with Crippen LogP contribution in [0.15, 0.2) is 12.4 Å². The smallest absolute Gasteiger partial charge is 0.257 e. The number of rotatable bonds is 3. The van der Waals surface area contributed by atoms with Crippen LogP contribution in [0.25, 0.3) is 0 Å². The predicted molar refractivity (Wildman–Crippen MR) is 92.4 cm³/mol. The Morgan fingerprint density at radius 3 is 2.48 bits per heavy atom. The first-order chi connectivity index (χ1) is 11.7. The molecule has 2 aromatic rings. The van der Waals surface area contributed by atoms with Gasteiger partial charge in [0.15, 0.2) is 0 Å². The number of ether oxygens (including phenoxy) is 1. The number of amides is 1. The third kappa shape index (κ3) is 3.30. The standard InChI is InChI=1S/C17H26N6O2/c1-17(2,3)15-12(7-21(4)19-15)16(24)23-8-11(14(10-23)25-6)13-9-22(5)20-18-13/h7,9,11,14H,8,10H2,1-6H3/t11-,14+/m0/s1. The van der Waals surface area contributed by atoms with Gasteiger partial charge in [-0.05, 0) is 0 Å². The molecule has 0 N–H and O–H groups in total. The number of carbonyl (C=O) groups is 1. The van der Waals surface area contributed by atoms with E-state index in [2.05, 4.69) is 36.2 Å². The van der Waals surface area contributed by atoms with Crippen LogP contribution >= 0.6 is 0 Å². The minimum absolute atomic E-state index is 0.00790. The van der Waals surface area contributed by atoms with Gasteiger partial charge in [0.1, 0.15) is 0 Å². The van der Waals surface area contributed by atoms with Crippen LogP contribution in [-0.2, 0) is 24.2 Å². The molecule has 0 aromatic carbocycles. The van der Waals surface area contributed by atoms with Crippen LogP contribution in [0.3, 0.4) is 0 Å². The highest BCUT2D eigenvalue weighted by Gasteiger charge is 2.39. The van der Waals surface area contributed by atoms with E-state index in [0.717, 1.165) is 11.4 Å². The van der Waals surface area contributed by atoms with Crippen LogP contribution in [-0.4, -0.2) is 61.9 Å². The van der Waals surface area contributed by atoms with Crippen molar-refractivity contribution in [3.63, 3.8) is 0 Å². The normalized spacial score (nSPS) is 21.1. The van der Waals surface area contributed by atoms with E-state index in [-0.39, 0.29) is 23.3 Å². The molecule has 0 unspecified atom stereocenters. The predicted octanol–water partition coefficient (Wildman–Crippen LogP) is 1.10. The zero-order chi connectivity index (χ0) is 18.4. The summed E-state index contributed by atoms with van der Waals surface area (Å²) in [5, 5.41) is 12.7. The molecule has 1 saturated heterocycles. The highest BCUT2D eigenvalue weighted by Crippen LogP contribution is 2.31. The Bertz CT molecular complexity index is 772.